The van der Waals surface area contributed by atoms with Gasteiger partial charge in [-0.05, 0) is 55.3 Å². The normalized spacial score (nSPS) is 10.5. The maximum atomic E-state index is 13.3. The van der Waals surface area contributed by atoms with Crippen LogP contribution < -0.4 is 4.74 Å². The summed E-state index contributed by atoms with van der Waals surface area (Å²) in [4.78, 5) is 13.3. The first kappa shape index (κ1) is 15.6. The van der Waals surface area contributed by atoms with E-state index >= 15 is 0 Å². The van der Waals surface area contributed by atoms with Gasteiger partial charge in [-0.2, -0.15) is 0 Å². The Bertz CT molecular complexity index is 668. The van der Waals surface area contributed by atoms with Crippen molar-refractivity contribution >= 4 is 17.5 Å². The molecule has 0 atom stereocenters. The van der Waals surface area contributed by atoms with E-state index in [2.05, 4.69) is 6.07 Å². The minimum absolute atomic E-state index is 0.144. The standard InChI is InChI=1S/C17H17FO2S/c1-11-4-6-14(8-12(11)2)21-10-16(19)15-9-13(18)5-7-17(15)20-3/h4-9H,10H2,1-3H3. The molecule has 0 spiro atoms. The average molecular weight is 304 g/mol. The summed E-state index contributed by atoms with van der Waals surface area (Å²) in [6.45, 7) is 4.09. The molecule has 0 radical (unpaired) electrons. The van der Waals surface area contributed by atoms with E-state index in [4.69, 9.17) is 4.74 Å². The molecule has 4 heteroatoms. The number of ether oxygens (including phenoxy) is 1. The van der Waals surface area contributed by atoms with Gasteiger partial charge in [-0.15, -0.1) is 11.8 Å². The van der Waals surface area contributed by atoms with Crippen molar-refractivity contribution < 1.29 is 13.9 Å². The van der Waals surface area contributed by atoms with Crippen LogP contribution in [0, 0.1) is 19.7 Å². The quantitative estimate of drug-likeness (QED) is 0.604. The number of carbonyl (C=O) groups is 1. The zero-order chi connectivity index (χ0) is 15.4. The number of carbonyl (C=O) groups excluding carboxylic acids is 1. The minimum Gasteiger partial charge on any atom is -0.496 e. The Balaban J connectivity index is 2.11. The van der Waals surface area contributed by atoms with Crippen molar-refractivity contribution in [1.29, 1.82) is 0 Å². The van der Waals surface area contributed by atoms with E-state index < -0.39 is 5.82 Å². The number of hydrogen-bond acceptors (Lipinski definition) is 3. The van der Waals surface area contributed by atoms with E-state index in [1.54, 1.807) is 0 Å². The van der Waals surface area contributed by atoms with E-state index in [0.717, 1.165) is 4.90 Å². The van der Waals surface area contributed by atoms with Crippen molar-refractivity contribution in [2.45, 2.75) is 18.7 Å². The number of rotatable bonds is 5. The van der Waals surface area contributed by atoms with Gasteiger partial charge in [0, 0.05) is 4.90 Å². The highest BCUT2D eigenvalue weighted by Gasteiger charge is 2.14. The summed E-state index contributed by atoms with van der Waals surface area (Å²) >= 11 is 1.44. The summed E-state index contributed by atoms with van der Waals surface area (Å²) in [6.07, 6.45) is 0. The van der Waals surface area contributed by atoms with E-state index in [-0.39, 0.29) is 17.1 Å². The van der Waals surface area contributed by atoms with Crippen molar-refractivity contribution in [3.8, 4) is 5.75 Å². The van der Waals surface area contributed by atoms with Crippen molar-refractivity contribution in [3.63, 3.8) is 0 Å². The van der Waals surface area contributed by atoms with Gasteiger partial charge in [-0.3, -0.25) is 4.79 Å². The molecule has 0 unspecified atom stereocenters. The molecule has 0 bridgehead atoms. The smallest absolute Gasteiger partial charge is 0.176 e. The molecule has 0 heterocycles. The lowest BCUT2D eigenvalue weighted by molar-refractivity contribution is 0.101. The fourth-order valence-electron chi connectivity index (χ4n) is 1.93. The first-order chi connectivity index (χ1) is 10.0. The van der Waals surface area contributed by atoms with Gasteiger partial charge in [0.1, 0.15) is 11.6 Å². The monoisotopic (exact) mass is 304 g/mol. The highest BCUT2D eigenvalue weighted by molar-refractivity contribution is 8.00. The Morgan fingerprint density at radius 2 is 1.90 bits per heavy atom. The lowest BCUT2D eigenvalue weighted by Gasteiger charge is -2.08. The predicted octanol–water partition coefficient (Wildman–Crippen LogP) is 4.43. The number of benzene rings is 2. The molecule has 0 amide bonds. The predicted molar refractivity (Wildman–Crippen MR) is 83.9 cm³/mol. The Hall–Kier alpha value is -1.81. The maximum Gasteiger partial charge on any atom is 0.176 e. The molecule has 21 heavy (non-hydrogen) atoms. The SMILES string of the molecule is COc1ccc(F)cc1C(=O)CSc1ccc(C)c(C)c1. The third-order valence-corrected chi connectivity index (χ3v) is 4.30. The Kier molecular flexibility index (Phi) is 5.02. The molecule has 0 aliphatic carbocycles. The molecule has 0 aliphatic heterocycles. The zero-order valence-electron chi connectivity index (χ0n) is 12.3. The van der Waals surface area contributed by atoms with Crippen LogP contribution in [0.2, 0.25) is 0 Å². The van der Waals surface area contributed by atoms with Crippen molar-refractivity contribution in [3.05, 3.63) is 58.9 Å². The van der Waals surface area contributed by atoms with Crippen LogP contribution in [0.5, 0.6) is 5.75 Å². The van der Waals surface area contributed by atoms with Crippen LogP contribution in [0.15, 0.2) is 41.3 Å². The molecule has 0 saturated heterocycles. The summed E-state index contributed by atoms with van der Waals surface area (Å²) in [5.74, 6) is 0.0782. The number of thioether (sulfide) groups is 1. The molecular weight excluding hydrogens is 287 g/mol. The van der Waals surface area contributed by atoms with Gasteiger partial charge < -0.3 is 4.74 Å². The van der Waals surface area contributed by atoms with Gasteiger partial charge >= 0.3 is 0 Å². The van der Waals surface area contributed by atoms with Gasteiger partial charge in [0.05, 0.1) is 18.4 Å². The van der Waals surface area contributed by atoms with Crippen LogP contribution in [-0.4, -0.2) is 18.6 Å². The lowest BCUT2D eigenvalue weighted by atomic mass is 10.1. The van der Waals surface area contributed by atoms with Gasteiger partial charge in [0.15, 0.2) is 5.78 Å². The molecule has 2 aromatic rings. The molecule has 0 saturated carbocycles. The number of hydrogen-bond donors (Lipinski definition) is 0. The molecule has 2 nitrogen and oxygen atoms in total. The van der Waals surface area contributed by atoms with Gasteiger partial charge in [-0.25, -0.2) is 4.39 Å². The van der Waals surface area contributed by atoms with E-state index in [9.17, 15) is 9.18 Å². The van der Waals surface area contributed by atoms with Crippen LogP contribution in [0.1, 0.15) is 21.5 Å². The molecule has 2 aromatic carbocycles. The summed E-state index contributed by atoms with van der Waals surface area (Å²) in [6, 6.07) is 10.1. The second-order valence-corrected chi connectivity index (χ2v) is 5.85. The molecule has 0 aliphatic rings. The summed E-state index contributed by atoms with van der Waals surface area (Å²) in [5.41, 5.74) is 2.70. The highest BCUT2D eigenvalue weighted by Crippen LogP contribution is 2.25. The molecule has 0 fully saturated rings. The van der Waals surface area contributed by atoms with Gasteiger partial charge in [0.25, 0.3) is 0 Å². The largest absolute Gasteiger partial charge is 0.496 e. The first-order valence-corrected chi connectivity index (χ1v) is 7.56. The molecule has 0 aromatic heterocycles. The first-order valence-electron chi connectivity index (χ1n) is 6.58. The van der Waals surface area contributed by atoms with E-state index in [1.165, 1.54) is 48.2 Å². The molecular formula is C17H17FO2S. The van der Waals surface area contributed by atoms with Crippen LogP contribution >= 0.6 is 11.8 Å². The summed E-state index contributed by atoms with van der Waals surface area (Å²) in [7, 11) is 1.47. The van der Waals surface area contributed by atoms with E-state index in [1.807, 2.05) is 26.0 Å². The number of methoxy groups -OCH3 is 1. The third kappa shape index (κ3) is 3.85. The number of ketones is 1. The Morgan fingerprint density at radius 1 is 1.14 bits per heavy atom. The fraction of sp³-hybridized carbons (Fsp3) is 0.235. The van der Waals surface area contributed by atoms with Crippen LogP contribution in [0.4, 0.5) is 4.39 Å². The Labute approximate surface area is 128 Å². The molecule has 110 valence electrons. The summed E-state index contributed by atoms with van der Waals surface area (Å²) < 4.78 is 18.4. The average Bonchev–Trinajstić information content (AvgIpc) is 2.48. The third-order valence-electron chi connectivity index (χ3n) is 3.31. The van der Waals surface area contributed by atoms with Crippen molar-refractivity contribution in [2.75, 3.05) is 12.9 Å². The van der Waals surface area contributed by atoms with E-state index in [0.29, 0.717) is 5.75 Å². The lowest BCUT2D eigenvalue weighted by Crippen LogP contribution is -2.05. The molecule has 2 rings (SSSR count). The summed E-state index contributed by atoms with van der Waals surface area (Å²) in [5, 5.41) is 0. The second kappa shape index (κ2) is 6.76. The van der Waals surface area contributed by atoms with Crippen LogP contribution in [0.25, 0.3) is 0 Å². The Morgan fingerprint density at radius 3 is 2.57 bits per heavy atom. The van der Waals surface area contributed by atoms with Gasteiger partial charge in [-0.1, -0.05) is 6.07 Å². The number of Topliss-reactive ketones (excluding diaryl/α,β-unsaturated/α-hetero) is 1. The topological polar surface area (TPSA) is 26.3 Å². The minimum atomic E-state index is -0.435. The van der Waals surface area contributed by atoms with Gasteiger partial charge in [0.2, 0.25) is 0 Å². The number of aryl methyl sites for hydroxylation is 2. The van der Waals surface area contributed by atoms with Crippen molar-refractivity contribution in [1.82, 2.24) is 0 Å². The number of halogens is 1. The zero-order valence-corrected chi connectivity index (χ0v) is 13.1. The molecule has 0 N–H and O–H groups in total. The highest BCUT2D eigenvalue weighted by atomic mass is 32.2. The maximum absolute atomic E-state index is 13.3. The van der Waals surface area contributed by atoms with Crippen LogP contribution in [0.3, 0.4) is 0 Å². The second-order valence-electron chi connectivity index (χ2n) is 4.80. The van der Waals surface area contributed by atoms with Crippen LogP contribution in [-0.2, 0) is 0 Å². The fourth-order valence-corrected chi connectivity index (χ4v) is 2.81. The van der Waals surface area contributed by atoms with Crippen molar-refractivity contribution in [2.24, 2.45) is 0 Å².